The van der Waals surface area contributed by atoms with Crippen LogP contribution in [0.15, 0.2) is 33.7 Å². The summed E-state index contributed by atoms with van der Waals surface area (Å²) >= 11 is 0. The lowest BCUT2D eigenvalue weighted by atomic mass is 10.0. The Morgan fingerprint density at radius 3 is 2.38 bits per heavy atom. The third-order valence-electron chi connectivity index (χ3n) is 4.28. The molecule has 0 radical (unpaired) electrons. The zero-order valence-corrected chi connectivity index (χ0v) is 18.8. The summed E-state index contributed by atoms with van der Waals surface area (Å²) in [6, 6.07) is 8.92. The number of oxazole rings is 1. The number of aryl methyl sites for hydroxylation is 3. The molecule has 2 aromatic rings. The number of guanidine groups is 1. The first-order chi connectivity index (χ1) is 12.0. The molecule has 2 N–H and O–H groups in total. The van der Waals surface area contributed by atoms with Crippen LogP contribution in [-0.4, -0.2) is 24.5 Å². The number of hydrogen-bond donors (Lipinski definition) is 2. The second-order valence-electron chi connectivity index (χ2n) is 6.60. The van der Waals surface area contributed by atoms with Crippen molar-refractivity contribution in [3.63, 3.8) is 0 Å². The van der Waals surface area contributed by atoms with E-state index >= 15 is 0 Å². The predicted octanol–water partition coefficient (Wildman–Crippen LogP) is 4.33. The Kier molecular flexibility index (Phi) is 9.69. The number of rotatable bonds is 7. The molecule has 2 rings (SSSR count). The van der Waals surface area contributed by atoms with E-state index < -0.39 is 0 Å². The van der Waals surface area contributed by atoms with E-state index in [0.717, 1.165) is 36.8 Å². The third-order valence-corrected chi connectivity index (χ3v) is 4.28. The summed E-state index contributed by atoms with van der Waals surface area (Å²) in [6.45, 7) is 9.72. The van der Waals surface area contributed by atoms with Crippen molar-refractivity contribution in [3.8, 4) is 0 Å². The summed E-state index contributed by atoms with van der Waals surface area (Å²) in [7, 11) is 1.77. The van der Waals surface area contributed by atoms with E-state index in [0.29, 0.717) is 18.4 Å². The van der Waals surface area contributed by atoms with Crippen molar-refractivity contribution in [2.45, 2.75) is 53.0 Å². The van der Waals surface area contributed by atoms with Crippen LogP contribution in [0.1, 0.15) is 54.7 Å². The molecule has 0 bridgehead atoms. The lowest BCUT2D eigenvalue weighted by Crippen LogP contribution is -2.37. The Morgan fingerprint density at radius 2 is 1.85 bits per heavy atom. The largest absolute Gasteiger partial charge is 0.444 e. The summed E-state index contributed by atoms with van der Waals surface area (Å²) in [4.78, 5) is 8.59. The molecule has 1 heterocycles. The van der Waals surface area contributed by atoms with Crippen molar-refractivity contribution < 1.29 is 4.42 Å². The van der Waals surface area contributed by atoms with E-state index in [2.05, 4.69) is 58.7 Å². The summed E-state index contributed by atoms with van der Waals surface area (Å²) in [5.74, 6) is 2.90. The summed E-state index contributed by atoms with van der Waals surface area (Å²) in [5.41, 5.74) is 3.70. The number of halogens is 1. The van der Waals surface area contributed by atoms with Gasteiger partial charge in [0.2, 0.25) is 5.89 Å². The third kappa shape index (κ3) is 6.97. The van der Waals surface area contributed by atoms with E-state index in [4.69, 9.17) is 4.42 Å². The minimum atomic E-state index is 0. The molecule has 0 amide bonds. The highest BCUT2D eigenvalue weighted by Gasteiger charge is 2.06. The average Bonchev–Trinajstić information content (AvgIpc) is 2.92. The number of aromatic nitrogens is 1. The molecule has 1 aromatic carbocycles. The van der Waals surface area contributed by atoms with Gasteiger partial charge >= 0.3 is 0 Å². The second-order valence-corrected chi connectivity index (χ2v) is 6.60. The van der Waals surface area contributed by atoms with Gasteiger partial charge in [0.05, 0.1) is 12.2 Å². The van der Waals surface area contributed by atoms with Crippen LogP contribution in [0.5, 0.6) is 0 Å². The number of aliphatic imine (C=N–C) groups is 1. The zero-order chi connectivity index (χ0) is 18.2. The molecule has 0 fully saturated rings. The minimum absolute atomic E-state index is 0. The average molecular weight is 470 g/mol. The van der Waals surface area contributed by atoms with Crippen LogP contribution in [-0.2, 0) is 13.0 Å². The maximum absolute atomic E-state index is 5.56. The van der Waals surface area contributed by atoms with Gasteiger partial charge in [0.1, 0.15) is 5.76 Å². The van der Waals surface area contributed by atoms with E-state index in [-0.39, 0.29) is 24.0 Å². The molecule has 0 aliphatic carbocycles. The van der Waals surface area contributed by atoms with Crippen molar-refractivity contribution >= 4 is 29.9 Å². The Bertz CT molecular complexity index is 673. The first-order valence-corrected chi connectivity index (χ1v) is 8.96. The Morgan fingerprint density at radius 1 is 1.15 bits per heavy atom. The van der Waals surface area contributed by atoms with Crippen molar-refractivity contribution in [3.05, 3.63) is 52.7 Å². The Hall–Kier alpha value is -1.57. The first-order valence-electron chi connectivity index (χ1n) is 8.96. The lowest BCUT2D eigenvalue weighted by Gasteiger charge is -2.11. The van der Waals surface area contributed by atoms with Gasteiger partial charge in [-0.15, -0.1) is 24.0 Å². The van der Waals surface area contributed by atoms with Crippen LogP contribution in [0.25, 0.3) is 0 Å². The van der Waals surface area contributed by atoms with Crippen molar-refractivity contribution in [2.24, 2.45) is 4.99 Å². The normalized spacial score (nSPS) is 11.4. The molecular formula is C20H31IN4O. The predicted molar refractivity (Wildman–Crippen MR) is 118 cm³/mol. The molecule has 0 spiro atoms. The maximum Gasteiger partial charge on any atom is 0.214 e. The van der Waals surface area contributed by atoms with Gasteiger partial charge in [-0.3, -0.25) is 4.99 Å². The fraction of sp³-hybridized carbons (Fsp3) is 0.500. The molecule has 0 aliphatic heterocycles. The number of nitrogens with zero attached hydrogens (tertiary/aromatic N) is 2. The number of benzene rings is 1. The van der Waals surface area contributed by atoms with Gasteiger partial charge in [0, 0.05) is 13.6 Å². The fourth-order valence-corrected chi connectivity index (χ4v) is 2.56. The molecule has 26 heavy (non-hydrogen) atoms. The van der Waals surface area contributed by atoms with Crippen molar-refractivity contribution in [2.75, 3.05) is 13.6 Å². The molecule has 0 aliphatic rings. The summed E-state index contributed by atoms with van der Waals surface area (Å²) < 4.78 is 5.56. The van der Waals surface area contributed by atoms with E-state index in [1.807, 2.05) is 13.8 Å². The van der Waals surface area contributed by atoms with E-state index in [9.17, 15) is 0 Å². The monoisotopic (exact) mass is 470 g/mol. The number of nitrogens with one attached hydrogen (secondary N) is 2. The van der Waals surface area contributed by atoms with Crippen LogP contribution in [0.3, 0.4) is 0 Å². The van der Waals surface area contributed by atoms with Crippen LogP contribution < -0.4 is 10.6 Å². The Balaban J connectivity index is 0.00000338. The highest BCUT2D eigenvalue weighted by molar-refractivity contribution is 14.0. The fourth-order valence-electron chi connectivity index (χ4n) is 2.56. The van der Waals surface area contributed by atoms with Gasteiger partial charge < -0.3 is 15.1 Å². The van der Waals surface area contributed by atoms with Gasteiger partial charge in [0.15, 0.2) is 5.96 Å². The van der Waals surface area contributed by atoms with Gasteiger partial charge in [-0.05, 0) is 43.7 Å². The molecule has 0 unspecified atom stereocenters. The van der Waals surface area contributed by atoms with Crippen molar-refractivity contribution in [1.82, 2.24) is 15.6 Å². The van der Waals surface area contributed by atoms with Crippen LogP contribution in [0, 0.1) is 13.8 Å². The Labute approximate surface area is 174 Å². The molecule has 144 valence electrons. The maximum atomic E-state index is 5.56. The molecular weight excluding hydrogens is 439 g/mol. The van der Waals surface area contributed by atoms with Gasteiger partial charge in [-0.25, -0.2) is 4.98 Å². The molecule has 1 aromatic heterocycles. The van der Waals surface area contributed by atoms with E-state index in [1.54, 1.807) is 7.05 Å². The van der Waals surface area contributed by atoms with Gasteiger partial charge in [0.25, 0.3) is 0 Å². The smallest absolute Gasteiger partial charge is 0.214 e. The van der Waals surface area contributed by atoms with E-state index in [1.165, 1.54) is 11.1 Å². The van der Waals surface area contributed by atoms with Crippen LogP contribution in [0.4, 0.5) is 0 Å². The lowest BCUT2D eigenvalue weighted by molar-refractivity contribution is 0.463. The van der Waals surface area contributed by atoms with Crippen molar-refractivity contribution in [1.29, 1.82) is 0 Å². The highest BCUT2D eigenvalue weighted by Crippen LogP contribution is 2.15. The molecule has 0 saturated heterocycles. The summed E-state index contributed by atoms with van der Waals surface area (Å²) in [6.07, 6.45) is 2.11. The summed E-state index contributed by atoms with van der Waals surface area (Å²) in [5, 5.41) is 6.56. The van der Waals surface area contributed by atoms with Gasteiger partial charge in [-0.2, -0.15) is 0 Å². The SMILES string of the molecule is CN=C(NCCCc1ccc(C(C)C)cc1)NCc1nc(C)c(C)o1.I. The quantitative estimate of drug-likeness (QED) is 0.274. The van der Waals surface area contributed by atoms with Crippen LogP contribution in [0.2, 0.25) is 0 Å². The molecule has 6 heteroatoms. The second kappa shape index (κ2) is 11.2. The molecule has 5 nitrogen and oxygen atoms in total. The standard InChI is InChI=1S/C20H30N4O.HI/c1-14(2)18-10-8-17(9-11-18)7-6-12-22-20(21-5)23-13-19-24-15(3)16(4)25-19;/h8-11,14H,6-7,12-13H2,1-5H3,(H2,21,22,23);1H. The zero-order valence-electron chi connectivity index (χ0n) is 16.4. The highest BCUT2D eigenvalue weighted by atomic mass is 127. The minimum Gasteiger partial charge on any atom is -0.444 e. The van der Waals surface area contributed by atoms with Gasteiger partial charge in [-0.1, -0.05) is 38.1 Å². The first kappa shape index (κ1) is 22.5. The van der Waals surface area contributed by atoms with Crippen LogP contribution >= 0.6 is 24.0 Å². The number of hydrogen-bond acceptors (Lipinski definition) is 3. The topological polar surface area (TPSA) is 62.5 Å². The molecule has 0 atom stereocenters. The molecule has 0 saturated carbocycles.